The number of hydrogen-bond donors (Lipinski definition) is 0. The molecule has 0 saturated carbocycles. The first-order valence-corrected chi connectivity index (χ1v) is 9.51. The third-order valence-electron chi connectivity index (χ3n) is 3.74. The Morgan fingerprint density at radius 3 is 2.96 bits per heavy atom. The van der Waals surface area contributed by atoms with Gasteiger partial charge in [-0.05, 0) is 11.4 Å². The second-order valence-corrected chi connectivity index (χ2v) is 7.24. The number of anilines is 1. The van der Waals surface area contributed by atoms with Crippen LogP contribution in [0.2, 0.25) is 0 Å². The number of oxazole rings is 1. The Bertz CT molecular complexity index is 793. The molecule has 3 aromatic heterocycles. The zero-order chi connectivity index (χ0) is 16.4. The third-order valence-corrected chi connectivity index (χ3v) is 5.65. The van der Waals surface area contributed by atoms with E-state index in [0.717, 1.165) is 48.0 Å². The van der Waals surface area contributed by atoms with E-state index >= 15 is 0 Å². The molecule has 7 nitrogen and oxygen atoms in total. The van der Waals surface area contributed by atoms with E-state index in [4.69, 9.17) is 9.15 Å². The summed E-state index contributed by atoms with van der Waals surface area (Å²) in [6.45, 7) is 3.17. The van der Waals surface area contributed by atoms with E-state index in [1.807, 2.05) is 29.1 Å². The average Bonchev–Trinajstić information content (AvgIpc) is 3.35. The largest absolute Gasteiger partial charge is 0.444 e. The summed E-state index contributed by atoms with van der Waals surface area (Å²) < 4.78 is 13.0. The zero-order valence-electron chi connectivity index (χ0n) is 13.2. The smallest absolute Gasteiger partial charge is 0.236 e. The highest BCUT2D eigenvalue weighted by Crippen LogP contribution is 2.27. The van der Waals surface area contributed by atoms with E-state index in [1.54, 1.807) is 29.4 Å². The van der Waals surface area contributed by atoms with E-state index in [-0.39, 0.29) is 0 Å². The number of morpholine rings is 1. The van der Waals surface area contributed by atoms with Crippen LogP contribution in [-0.2, 0) is 17.5 Å². The molecule has 0 aromatic carbocycles. The van der Waals surface area contributed by atoms with Gasteiger partial charge in [0.25, 0.3) is 0 Å². The lowest BCUT2D eigenvalue weighted by Gasteiger charge is -2.27. The first-order valence-electron chi connectivity index (χ1n) is 7.64. The lowest BCUT2D eigenvalue weighted by molar-refractivity contribution is 0.121. The van der Waals surface area contributed by atoms with Crippen molar-refractivity contribution < 1.29 is 9.15 Å². The van der Waals surface area contributed by atoms with Crippen molar-refractivity contribution >= 4 is 29.0 Å². The maximum Gasteiger partial charge on any atom is 0.236 e. The van der Waals surface area contributed by atoms with Crippen LogP contribution < -0.4 is 4.90 Å². The second-order valence-electron chi connectivity index (χ2n) is 5.35. The minimum absolute atomic E-state index is 0.674. The standard InChI is InChI=1S/C15H17N5O2S2/c1-19-14(20-4-6-21-7-5-20)17-18-15(19)24-10-11-9-22-13(16-11)12-3-2-8-23-12/h2-3,8-9H,4-7,10H2,1H3. The van der Waals surface area contributed by atoms with Crippen LogP contribution in [0.5, 0.6) is 0 Å². The van der Waals surface area contributed by atoms with E-state index in [2.05, 4.69) is 20.1 Å². The molecule has 9 heteroatoms. The number of aromatic nitrogens is 4. The molecule has 1 aliphatic heterocycles. The predicted octanol–water partition coefficient (Wildman–Crippen LogP) is 2.66. The second kappa shape index (κ2) is 6.96. The quantitative estimate of drug-likeness (QED) is 0.646. The summed E-state index contributed by atoms with van der Waals surface area (Å²) in [4.78, 5) is 7.77. The van der Waals surface area contributed by atoms with Gasteiger partial charge in [0.05, 0.1) is 23.8 Å². The van der Waals surface area contributed by atoms with Gasteiger partial charge in [-0.1, -0.05) is 17.8 Å². The highest BCUT2D eigenvalue weighted by atomic mass is 32.2. The first kappa shape index (κ1) is 15.7. The maximum absolute atomic E-state index is 5.55. The van der Waals surface area contributed by atoms with Crippen molar-refractivity contribution in [1.29, 1.82) is 0 Å². The van der Waals surface area contributed by atoms with Crippen molar-refractivity contribution in [3.8, 4) is 10.8 Å². The molecule has 0 atom stereocenters. The van der Waals surface area contributed by atoms with Crippen molar-refractivity contribution in [3.05, 3.63) is 29.5 Å². The summed E-state index contributed by atoms with van der Waals surface area (Å²) in [6, 6.07) is 4.00. The molecular weight excluding hydrogens is 346 g/mol. The molecule has 0 spiro atoms. The van der Waals surface area contributed by atoms with Gasteiger partial charge in [-0.2, -0.15) is 0 Å². The average molecular weight is 363 g/mol. The Balaban J connectivity index is 1.42. The van der Waals surface area contributed by atoms with E-state index in [0.29, 0.717) is 11.6 Å². The minimum Gasteiger partial charge on any atom is -0.444 e. The molecule has 1 fully saturated rings. The summed E-state index contributed by atoms with van der Waals surface area (Å²) in [5.74, 6) is 2.26. The fraction of sp³-hybridized carbons (Fsp3) is 0.400. The Labute approximate surface area is 147 Å². The summed E-state index contributed by atoms with van der Waals surface area (Å²) in [5.41, 5.74) is 0.902. The molecule has 0 aliphatic carbocycles. The van der Waals surface area contributed by atoms with Crippen molar-refractivity contribution in [1.82, 2.24) is 19.7 Å². The number of thiophene rings is 1. The summed E-state index contributed by atoms with van der Waals surface area (Å²) in [7, 11) is 1.99. The topological polar surface area (TPSA) is 69.2 Å². The summed E-state index contributed by atoms with van der Waals surface area (Å²) in [6.07, 6.45) is 1.71. The molecule has 0 amide bonds. The fourth-order valence-electron chi connectivity index (χ4n) is 2.50. The maximum atomic E-state index is 5.55. The van der Waals surface area contributed by atoms with Gasteiger partial charge in [0.2, 0.25) is 11.8 Å². The van der Waals surface area contributed by atoms with Crippen LogP contribution in [0.1, 0.15) is 5.69 Å². The Morgan fingerprint density at radius 1 is 1.29 bits per heavy atom. The van der Waals surface area contributed by atoms with Gasteiger partial charge in [0.1, 0.15) is 6.26 Å². The number of thioether (sulfide) groups is 1. The monoisotopic (exact) mass is 363 g/mol. The minimum atomic E-state index is 0.674. The van der Waals surface area contributed by atoms with Crippen molar-refractivity contribution in [2.75, 3.05) is 31.2 Å². The highest BCUT2D eigenvalue weighted by molar-refractivity contribution is 7.98. The molecule has 1 aliphatic rings. The lowest BCUT2D eigenvalue weighted by atomic mass is 10.4. The lowest BCUT2D eigenvalue weighted by Crippen LogP contribution is -2.37. The summed E-state index contributed by atoms with van der Waals surface area (Å²) in [5, 5.41) is 11.5. The van der Waals surface area contributed by atoms with Gasteiger partial charge < -0.3 is 14.1 Å². The molecule has 0 N–H and O–H groups in total. The van der Waals surface area contributed by atoms with Gasteiger partial charge in [-0.25, -0.2) is 4.98 Å². The van der Waals surface area contributed by atoms with E-state index in [9.17, 15) is 0 Å². The molecule has 4 heterocycles. The molecular formula is C15H17N5O2S2. The Kier molecular flexibility index (Phi) is 4.54. The van der Waals surface area contributed by atoms with Crippen molar-refractivity contribution in [3.63, 3.8) is 0 Å². The predicted molar refractivity (Wildman–Crippen MR) is 93.4 cm³/mol. The Morgan fingerprint density at radius 2 is 2.17 bits per heavy atom. The van der Waals surface area contributed by atoms with E-state index < -0.39 is 0 Å². The molecule has 3 aromatic rings. The van der Waals surface area contributed by atoms with Crippen LogP contribution in [0, 0.1) is 0 Å². The molecule has 0 radical (unpaired) electrons. The normalized spacial score (nSPS) is 15.1. The summed E-state index contributed by atoms with van der Waals surface area (Å²) >= 11 is 3.23. The highest BCUT2D eigenvalue weighted by Gasteiger charge is 2.19. The number of rotatable bonds is 5. The molecule has 4 rings (SSSR count). The van der Waals surface area contributed by atoms with Crippen LogP contribution in [0.3, 0.4) is 0 Å². The van der Waals surface area contributed by atoms with Gasteiger partial charge in [-0.3, -0.25) is 4.57 Å². The van der Waals surface area contributed by atoms with Gasteiger partial charge in [0.15, 0.2) is 5.16 Å². The SMILES string of the molecule is Cn1c(SCc2coc(-c3cccs3)n2)nnc1N1CCOCC1. The number of ether oxygens (including phenoxy) is 1. The van der Waals surface area contributed by atoms with Crippen LogP contribution >= 0.6 is 23.1 Å². The van der Waals surface area contributed by atoms with Gasteiger partial charge >= 0.3 is 0 Å². The molecule has 0 unspecified atom stereocenters. The number of hydrogen-bond acceptors (Lipinski definition) is 8. The molecule has 0 bridgehead atoms. The van der Waals surface area contributed by atoms with Crippen molar-refractivity contribution in [2.24, 2.45) is 7.05 Å². The van der Waals surface area contributed by atoms with Crippen LogP contribution in [0.15, 0.2) is 33.3 Å². The Hall–Kier alpha value is -1.84. The zero-order valence-corrected chi connectivity index (χ0v) is 14.8. The van der Waals surface area contributed by atoms with E-state index in [1.165, 1.54) is 0 Å². The number of nitrogens with zero attached hydrogens (tertiary/aromatic N) is 5. The van der Waals surface area contributed by atoms with Crippen LogP contribution in [-0.4, -0.2) is 46.1 Å². The van der Waals surface area contributed by atoms with Gasteiger partial charge in [-0.15, -0.1) is 21.5 Å². The van der Waals surface area contributed by atoms with Crippen LogP contribution in [0.4, 0.5) is 5.95 Å². The molecule has 24 heavy (non-hydrogen) atoms. The van der Waals surface area contributed by atoms with Crippen molar-refractivity contribution in [2.45, 2.75) is 10.9 Å². The molecule has 126 valence electrons. The third kappa shape index (κ3) is 3.19. The first-order chi connectivity index (χ1) is 11.8. The molecule has 1 saturated heterocycles. The fourth-order valence-corrected chi connectivity index (χ4v) is 3.94. The van der Waals surface area contributed by atoms with Crippen LogP contribution in [0.25, 0.3) is 10.8 Å². The van der Waals surface area contributed by atoms with Gasteiger partial charge in [0, 0.05) is 25.9 Å².